The molecule has 0 aliphatic heterocycles. The summed E-state index contributed by atoms with van der Waals surface area (Å²) in [6, 6.07) is 0. The lowest BCUT2D eigenvalue weighted by Gasteiger charge is -2.21. The molecule has 0 aliphatic carbocycles. The lowest BCUT2D eigenvalue weighted by molar-refractivity contribution is -0.161. The summed E-state index contributed by atoms with van der Waals surface area (Å²) in [5, 5.41) is 10.6. The molecule has 93 heavy (non-hydrogen) atoms. The van der Waals surface area contributed by atoms with Crippen LogP contribution in [0.2, 0.25) is 0 Å². The van der Waals surface area contributed by atoms with Crippen LogP contribution in [0.3, 0.4) is 0 Å². The van der Waals surface area contributed by atoms with Gasteiger partial charge < -0.3 is 33.8 Å². The fraction of sp³-hybridized carbons (Fsp3) is 0.946. The van der Waals surface area contributed by atoms with E-state index in [4.69, 9.17) is 37.0 Å². The van der Waals surface area contributed by atoms with Crippen molar-refractivity contribution >= 4 is 39.5 Å². The zero-order chi connectivity index (χ0) is 68.7. The Morgan fingerprint density at radius 1 is 0.312 bits per heavy atom. The zero-order valence-electron chi connectivity index (χ0n) is 60.7. The predicted molar refractivity (Wildman–Crippen MR) is 377 cm³/mol. The van der Waals surface area contributed by atoms with Crippen LogP contribution in [0, 0.1) is 17.8 Å². The monoisotopic (exact) mass is 1370 g/mol. The molecule has 552 valence electrons. The van der Waals surface area contributed by atoms with Gasteiger partial charge in [-0.05, 0) is 43.4 Å². The SMILES string of the molecule is CCCCCCCCCCCCCCCCCC(=O)O[C@H](COC(=O)CCCCCCCCCCCCCC(C)C)COP(=O)(O)OC[C@@H](O)COP(=O)(O)OC[C@@H](COC(=O)CCCCCCCCC(C)CC)OC(=O)CCCCCCCCCCCCCC(C)C. The molecule has 0 aromatic rings. The number of rotatable bonds is 72. The second-order valence-corrected chi connectivity index (χ2v) is 30.8. The van der Waals surface area contributed by atoms with Gasteiger partial charge in [0, 0.05) is 25.7 Å². The Morgan fingerprint density at radius 2 is 0.548 bits per heavy atom. The van der Waals surface area contributed by atoms with Gasteiger partial charge in [0.1, 0.15) is 19.3 Å². The van der Waals surface area contributed by atoms with Crippen molar-refractivity contribution in [2.24, 2.45) is 17.8 Å². The molecule has 0 fully saturated rings. The van der Waals surface area contributed by atoms with Gasteiger partial charge in [-0.2, -0.15) is 0 Å². The van der Waals surface area contributed by atoms with E-state index in [0.717, 1.165) is 114 Å². The Labute approximate surface area is 568 Å². The smallest absolute Gasteiger partial charge is 0.462 e. The molecule has 0 aliphatic rings. The number of carbonyl (C=O) groups is 4. The van der Waals surface area contributed by atoms with Crippen LogP contribution in [0.4, 0.5) is 0 Å². The highest BCUT2D eigenvalue weighted by molar-refractivity contribution is 7.47. The van der Waals surface area contributed by atoms with Gasteiger partial charge in [0.05, 0.1) is 26.4 Å². The van der Waals surface area contributed by atoms with Gasteiger partial charge in [-0.25, -0.2) is 9.13 Å². The van der Waals surface area contributed by atoms with Crippen molar-refractivity contribution in [1.82, 2.24) is 0 Å². The van der Waals surface area contributed by atoms with Gasteiger partial charge in [0.25, 0.3) is 0 Å². The normalized spacial score (nSPS) is 14.4. The molecule has 19 heteroatoms. The molecule has 0 spiro atoms. The van der Waals surface area contributed by atoms with Crippen LogP contribution in [0.15, 0.2) is 0 Å². The number of carbonyl (C=O) groups excluding carboxylic acids is 4. The quantitative estimate of drug-likeness (QED) is 0.0222. The third kappa shape index (κ3) is 67.0. The lowest BCUT2D eigenvalue weighted by atomic mass is 10.00. The van der Waals surface area contributed by atoms with Crippen LogP contribution >= 0.6 is 15.6 Å². The molecule has 6 atom stereocenters. The molecule has 0 bridgehead atoms. The van der Waals surface area contributed by atoms with Gasteiger partial charge in [0.15, 0.2) is 12.2 Å². The molecule has 0 heterocycles. The average molecular weight is 1370 g/mol. The zero-order valence-corrected chi connectivity index (χ0v) is 62.5. The van der Waals surface area contributed by atoms with Crippen molar-refractivity contribution in [1.29, 1.82) is 0 Å². The Morgan fingerprint density at radius 3 is 0.817 bits per heavy atom. The van der Waals surface area contributed by atoms with Crippen molar-refractivity contribution < 1.29 is 80.2 Å². The molecular formula is C74H144O17P2. The van der Waals surface area contributed by atoms with E-state index in [1.54, 1.807) is 0 Å². The molecule has 0 aromatic carbocycles. The highest BCUT2D eigenvalue weighted by Crippen LogP contribution is 2.45. The first kappa shape index (κ1) is 91.1. The third-order valence-electron chi connectivity index (χ3n) is 17.5. The highest BCUT2D eigenvalue weighted by atomic mass is 31.2. The molecule has 0 saturated heterocycles. The van der Waals surface area contributed by atoms with Crippen molar-refractivity contribution in [3.8, 4) is 0 Å². The van der Waals surface area contributed by atoms with Crippen LogP contribution in [-0.2, 0) is 65.4 Å². The lowest BCUT2D eigenvalue weighted by Crippen LogP contribution is -2.30. The minimum atomic E-state index is -4.96. The van der Waals surface area contributed by atoms with E-state index in [1.165, 1.54) is 180 Å². The van der Waals surface area contributed by atoms with Crippen LogP contribution < -0.4 is 0 Å². The average Bonchev–Trinajstić information content (AvgIpc) is 2.53. The number of hydrogen-bond donors (Lipinski definition) is 3. The summed E-state index contributed by atoms with van der Waals surface area (Å²) in [5.74, 6) is 0.147. The molecule has 0 rings (SSSR count). The fourth-order valence-electron chi connectivity index (χ4n) is 11.2. The van der Waals surface area contributed by atoms with E-state index in [9.17, 15) is 43.2 Å². The van der Waals surface area contributed by atoms with Crippen molar-refractivity contribution in [2.75, 3.05) is 39.6 Å². The summed E-state index contributed by atoms with van der Waals surface area (Å²) < 4.78 is 68.5. The number of hydrogen-bond acceptors (Lipinski definition) is 15. The Hall–Kier alpha value is -1.94. The highest BCUT2D eigenvalue weighted by Gasteiger charge is 2.30. The summed E-state index contributed by atoms with van der Waals surface area (Å²) in [7, 11) is -9.91. The maximum Gasteiger partial charge on any atom is 0.472 e. The van der Waals surface area contributed by atoms with Gasteiger partial charge in [-0.15, -0.1) is 0 Å². The Balaban J connectivity index is 5.26. The van der Waals surface area contributed by atoms with E-state index >= 15 is 0 Å². The number of phosphoric ester groups is 2. The molecule has 0 saturated carbocycles. The van der Waals surface area contributed by atoms with Crippen molar-refractivity contribution in [2.45, 2.75) is 394 Å². The predicted octanol–water partition coefficient (Wildman–Crippen LogP) is 21.4. The molecule has 0 amide bonds. The van der Waals surface area contributed by atoms with E-state index in [0.29, 0.717) is 25.7 Å². The first-order valence-corrected chi connectivity index (χ1v) is 41.4. The number of phosphoric acid groups is 2. The summed E-state index contributed by atoms with van der Waals surface area (Å²) in [6.07, 6.45) is 49.9. The maximum absolute atomic E-state index is 13.1. The van der Waals surface area contributed by atoms with Crippen LogP contribution in [-0.4, -0.2) is 96.7 Å². The second kappa shape index (κ2) is 64.7. The van der Waals surface area contributed by atoms with Gasteiger partial charge >= 0.3 is 39.5 Å². The number of esters is 4. The van der Waals surface area contributed by atoms with E-state index < -0.39 is 97.5 Å². The molecule has 0 aromatic heterocycles. The standard InChI is InChI=1S/C74H144O17P2/c1-8-10-11-12-13-14-15-16-17-18-23-29-34-43-50-57-73(78)90-69(61-84-71(76)55-48-41-33-28-24-19-21-26-31-38-45-52-65(3)4)63-88-92(80,81)86-59-68(75)60-87-93(82,83)89-64-70(62-85-72(77)56-49-42-37-36-40-47-54-67(7)9-2)91-74(79)58-51-44-35-30-25-20-22-27-32-39-46-53-66(5)6/h65-70,75H,8-64H2,1-7H3,(H,80,81)(H,82,83)/t67?,68-,69-,70-/m1/s1. The minimum absolute atomic E-state index is 0.105. The maximum atomic E-state index is 13.1. The topological polar surface area (TPSA) is 237 Å². The van der Waals surface area contributed by atoms with Crippen molar-refractivity contribution in [3.05, 3.63) is 0 Å². The van der Waals surface area contributed by atoms with E-state index in [2.05, 4.69) is 48.5 Å². The van der Waals surface area contributed by atoms with Crippen LogP contribution in [0.1, 0.15) is 376 Å². The van der Waals surface area contributed by atoms with Gasteiger partial charge in [-0.1, -0.05) is 325 Å². The van der Waals surface area contributed by atoms with Gasteiger partial charge in [-0.3, -0.25) is 37.3 Å². The summed E-state index contributed by atoms with van der Waals surface area (Å²) in [4.78, 5) is 72.7. The Bertz CT molecular complexity index is 1820. The Kier molecular flexibility index (Phi) is 63.4. The van der Waals surface area contributed by atoms with Crippen molar-refractivity contribution in [3.63, 3.8) is 0 Å². The number of aliphatic hydroxyl groups excluding tert-OH is 1. The number of ether oxygens (including phenoxy) is 4. The minimum Gasteiger partial charge on any atom is -0.462 e. The van der Waals surface area contributed by atoms with Gasteiger partial charge in [0.2, 0.25) is 0 Å². The molecule has 3 unspecified atom stereocenters. The largest absolute Gasteiger partial charge is 0.472 e. The fourth-order valence-corrected chi connectivity index (χ4v) is 12.8. The van der Waals surface area contributed by atoms with E-state index in [1.807, 2.05) is 0 Å². The third-order valence-corrected chi connectivity index (χ3v) is 19.4. The second-order valence-electron chi connectivity index (χ2n) is 27.9. The summed E-state index contributed by atoms with van der Waals surface area (Å²) in [6.45, 7) is 11.9. The van der Waals surface area contributed by atoms with E-state index in [-0.39, 0.29) is 25.7 Å². The first-order valence-electron chi connectivity index (χ1n) is 38.4. The van der Waals surface area contributed by atoms with Crippen LogP contribution in [0.25, 0.3) is 0 Å². The first-order chi connectivity index (χ1) is 44.8. The van der Waals surface area contributed by atoms with Crippen LogP contribution in [0.5, 0.6) is 0 Å². The molecule has 0 radical (unpaired) electrons. The number of unbranched alkanes of at least 4 members (excludes halogenated alkanes) is 39. The summed E-state index contributed by atoms with van der Waals surface area (Å²) in [5.41, 5.74) is 0. The molecular weight excluding hydrogens is 1220 g/mol. The molecule has 17 nitrogen and oxygen atoms in total. The molecule has 3 N–H and O–H groups in total. The number of aliphatic hydroxyl groups is 1. The summed E-state index contributed by atoms with van der Waals surface area (Å²) >= 11 is 0.